The Hall–Kier alpha value is -2.16. The summed E-state index contributed by atoms with van der Waals surface area (Å²) >= 11 is 0. The van der Waals surface area contributed by atoms with Gasteiger partial charge < -0.3 is 5.32 Å². The summed E-state index contributed by atoms with van der Waals surface area (Å²) in [7, 11) is 0. The number of nitrogens with zero attached hydrogens (tertiary/aromatic N) is 1. The summed E-state index contributed by atoms with van der Waals surface area (Å²) in [6.07, 6.45) is 3.25. The molecule has 0 aliphatic rings. The molecular weight excluding hydrogens is 260 g/mol. The van der Waals surface area contributed by atoms with Crippen LogP contribution in [0.25, 0.3) is 0 Å². The molecule has 1 atom stereocenters. The van der Waals surface area contributed by atoms with E-state index in [9.17, 15) is 4.79 Å². The summed E-state index contributed by atoms with van der Waals surface area (Å²) < 4.78 is 0. The number of carbonyl (C=O) groups is 1. The predicted octanol–water partition coefficient (Wildman–Crippen LogP) is 3.87. The number of benzene rings is 1. The Morgan fingerprint density at radius 3 is 2.14 bits per heavy atom. The van der Waals surface area contributed by atoms with Crippen molar-refractivity contribution in [3.8, 4) is 0 Å². The number of amides is 1. The van der Waals surface area contributed by atoms with Crippen LogP contribution in [0.3, 0.4) is 0 Å². The Kier molecular flexibility index (Phi) is 4.41. The van der Waals surface area contributed by atoms with Crippen LogP contribution in [0.5, 0.6) is 0 Å². The van der Waals surface area contributed by atoms with Crippen molar-refractivity contribution in [1.82, 2.24) is 10.3 Å². The third-order valence-corrected chi connectivity index (χ3v) is 3.57. The second-order valence-corrected chi connectivity index (χ2v) is 6.30. The van der Waals surface area contributed by atoms with Crippen molar-refractivity contribution >= 4 is 5.91 Å². The zero-order valence-corrected chi connectivity index (χ0v) is 13.1. The highest BCUT2D eigenvalue weighted by Crippen LogP contribution is 2.24. The lowest BCUT2D eigenvalue weighted by Gasteiger charge is -2.20. The van der Waals surface area contributed by atoms with Crippen molar-refractivity contribution in [2.75, 3.05) is 0 Å². The van der Waals surface area contributed by atoms with Crippen LogP contribution in [0.2, 0.25) is 0 Å². The van der Waals surface area contributed by atoms with Gasteiger partial charge in [0.25, 0.3) is 5.91 Å². The van der Waals surface area contributed by atoms with E-state index in [0.717, 1.165) is 5.56 Å². The first kappa shape index (κ1) is 15.2. The zero-order chi connectivity index (χ0) is 15.5. The lowest BCUT2D eigenvalue weighted by atomic mass is 9.86. The Morgan fingerprint density at radius 1 is 1.05 bits per heavy atom. The van der Waals surface area contributed by atoms with E-state index < -0.39 is 0 Å². The summed E-state index contributed by atoms with van der Waals surface area (Å²) in [5.74, 6) is -0.0789. The van der Waals surface area contributed by atoms with Gasteiger partial charge in [-0.2, -0.15) is 0 Å². The summed E-state index contributed by atoms with van der Waals surface area (Å²) in [6.45, 7) is 8.56. The minimum atomic E-state index is -0.0789. The van der Waals surface area contributed by atoms with Gasteiger partial charge in [-0.15, -0.1) is 0 Å². The molecule has 0 fully saturated rings. The van der Waals surface area contributed by atoms with Crippen LogP contribution in [-0.2, 0) is 5.41 Å². The fourth-order valence-electron chi connectivity index (χ4n) is 2.14. The molecular formula is C18H22N2O. The Labute approximate surface area is 126 Å². The highest BCUT2D eigenvalue weighted by molar-refractivity contribution is 5.94. The number of pyridine rings is 1. The first-order chi connectivity index (χ1) is 9.88. The summed E-state index contributed by atoms with van der Waals surface area (Å²) in [4.78, 5) is 16.0. The molecule has 1 unspecified atom stereocenters. The third-order valence-electron chi connectivity index (χ3n) is 3.57. The summed E-state index contributed by atoms with van der Waals surface area (Å²) in [5, 5.41) is 3.00. The van der Waals surface area contributed by atoms with Crippen molar-refractivity contribution in [1.29, 1.82) is 0 Å². The number of aromatic nitrogens is 1. The lowest BCUT2D eigenvalue weighted by Crippen LogP contribution is -2.26. The largest absolute Gasteiger partial charge is 0.346 e. The van der Waals surface area contributed by atoms with Gasteiger partial charge in [0.05, 0.1) is 6.04 Å². The number of carbonyl (C=O) groups excluding carboxylic acids is 1. The third kappa shape index (κ3) is 3.91. The molecule has 0 aliphatic carbocycles. The molecule has 0 bridgehead atoms. The quantitative estimate of drug-likeness (QED) is 0.928. The zero-order valence-electron chi connectivity index (χ0n) is 13.1. The van der Waals surface area contributed by atoms with E-state index >= 15 is 0 Å². The van der Waals surface area contributed by atoms with E-state index in [2.05, 4.69) is 55.3 Å². The van der Waals surface area contributed by atoms with Gasteiger partial charge in [-0.05, 0) is 35.6 Å². The van der Waals surface area contributed by atoms with Gasteiger partial charge in [-0.25, -0.2) is 0 Å². The molecule has 2 rings (SSSR count). The predicted molar refractivity (Wildman–Crippen MR) is 85.3 cm³/mol. The molecule has 0 aliphatic heterocycles. The van der Waals surface area contributed by atoms with Crippen molar-refractivity contribution in [2.24, 2.45) is 0 Å². The van der Waals surface area contributed by atoms with Gasteiger partial charge in [0.1, 0.15) is 0 Å². The Balaban J connectivity index is 2.07. The second-order valence-electron chi connectivity index (χ2n) is 6.30. The number of nitrogens with one attached hydrogen (secondary N) is 1. The van der Waals surface area contributed by atoms with Gasteiger partial charge in [-0.3, -0.25) is 9.78 Å². The molecule has 1 heterocycles. The molecule has 0 saturated carbocycles. The highest BCUT2D eigenvalue weighted by Gasteiger charge is 2.15. The van der Waals surface area contributed by atoms with E-state index in [1.165, 1.54) is 5.56 Å². The average molecular weight is 282 g/mol. The van der Waals surface area contributed by atoms with Crippen LogP contribution in [0.15, 0.2) is 48.8 Å². The van der Waals surface area contributed by atoms with Crippen LogP contribution in [0, 0.1) is 0 Å². The number of hydrogen-bond acceptors (Lipinski definition) is 2. The van der Waals surface area contributed by atoms with Crippen LogP contribution in [-0.4, -0.2) is 10.9 Å². The molecule has 3 heteroatoms. The second kappa shape index (κ2) is 6.08. The maximum absolute atomic E-state index is 12.1. The lowest BCUT2D eigenvalue weighted by molar-refractivity contribution is 0.0940. The molecule has 1 aromatic carbocycles. The average Bonchev–Trinajstić information content (AvgIpc) is 2.47. The topological polar surface area (TPSA) is 42.0 Å². The minimum Gasteiger partial charge on any atom is -0.346 e. The maximum atomic E-state index is 12.1. The smallest absolute Gasteiger partial charge is 0.251 e. The van der Waals surface area contributed by atoms with Crippen LogP contribution < -0.4 is 5.32 Å². The van der Waals surface area contributed by atoms with Crippen molar-refractivity contribution < 1.29 is 4.79 Å². The van der Waals surface area contributed by atoms with E-state index in [1.54, 1.807) is 24.5 Å². The molecule has 1 amide bonds. The van der Waals surface area contributed by atoms with Crippen LogP contribution >= 0.6 is 0 Å². The van der Waals surface area contributed by atoms with E-state index in [1.807, 2.05) is 6.92 Å². The van der Waals surface area contributed by atoms with Gasteiger partial charge in [-0.1, -0.05) is 45.0 Å². The van der Waals surface area contributed by atoms with E-state index in [-0.39, 0.29) is 17.4 Å². The van der Waals surface area contributed by atoms with Crippen molar-refractivity contribution in [3.63, 3.8) is 0 Å². The molecule has 0 radical (unpaired) electrons. The molecule has 110 valence electrons. The first-order valence-corrected chi connectivity index (χ1v) is 7.19. The van der Waals surface area contributed by atoms with E-state index in [0.29, 0.717) is 5.56 Å². The van der Waals surface area contributed by atoms with Crippen LogP contribution in [0.4, 0.5) is 0 Å². The Bertz CT molecular complexity index is 597. The molecule has 3 nitrogen and oxygen atoms in total. The standard InChI is InChI=1S/C18H22N2O/c1-13(20-17(21)15-9-11-19-12-10-15)14-5-7-16(8-6-14)18(2,3)4/h5-13H,1-4H3,(H,20,21). The Morgan fingerprint density at radius 2 is 1.62 bits per heavy atom. The normalized spacial score (nSPS) is 12.8. The molecule has 1 N–H and O–H groups in total. The molecule has 0 saturated heterocycles. The van der Waals surface area contributed by atoms with Crippen LogP contribution in [0.1, 0.15) is 55.2 Å². The maximum Gasteiger partial charge on any atom is 0.251 e. The van der Waals surface area contributed by atoms with Gasteiger partial charge in [0.15, 0.2) is 0 Å². The first-order valence-electron chi connectivity index (χ1n) is 7.19. The van der Waals surface area contributed by atoms with Crippen molar-refractivity contribution in [3.05, 3.63) is 65.5 Å². The SMILES string of the molecule is CC(NC(=O)c1ccncc1)c1ccc(C(C)(C)C)cc1. The molecule has 21 heavy (non-hydrogen) atoms. The summed E-state index contributed by atoms with van der Waals surface area (Å²) in [5.41, 5.74) is 3.16. The molecule has 2 aromatic rings. The number of hydrogen-bond donors (Lipinski definition) is 1. The summed E-state index contributed by atoms with van der Waals surface area (Å²) in [6, 6.07) is 11.8. The minimum absolute atomic E-state index is 0.0281. The van der Waals surface area contributed by atoms with Gasteiger partial charge >= 0.3 is 0 Å². The van der Waals surface area contributed by atoms with Gasteiger partial charge in [0, 0.05) is 18.0 Å². The monoisotopic (exact) mass is 282 g/mol. The highest BCUT2D eigenvalue weighted by atomic mass is 16.1. The van der Waals surface area contributed by atoms with Gasteiger partial charge in [0.2, 0.25) is 0 Å². The van der Waals surface area contributed by atoms with Crippen molar-refractivity contribution in [2.45, 2.75) is 39.2 Å². The molecule has 0 spiro atoms. The fourth-order valence-corrected chi connectivity index (χ4v) is 2.14. The molecule has 1 aromatic heterocycles. The number of rotatable bonds is 3. The van der Waals surface area contributed by atoms with E-state index in [4.69, 9.17) is 0 Å². The fraction of sp³-hybridized carbons (Fsp3) is 0.333.